The van der Waals surface area contributed by atoms with Crippen molar-refractivity contribution < 1.29 is 17.4 Å². The zero-order valence-electron chi connectivity index (χ0n) is 14.3. The predicted molar refractivity (Wildman–Crippen MR) is 92.9 cm³/mol. The highest BCUT2D eigenvalue weighted by Gasteiger charge is 2.54. The molecule has 136 valence electrons. The lowest BCUT2D eigenvalue weighted by Gasteiger charge is -2.48. The van der Waals surface area contributed by atoms with Crippen LogP contribution in [0.15, 0.2) is 18.2 Å². The molecular weight excluding hydrogens is 340 g/mol. The third kappa shape index (κ3) is 2.69. The van der Waals surface area contributed by atoms with Crippen LogP contribution in [0.5, 0.6) is 5.75 Å². The number of benzene rings is 1. The monoisotopic (exact) mass is 364 g/mol. The van der Waals surface area contributed by atoms with Crippen LogP contribution in [0.3, 0.4) is 0 Å². The molecular formula is C18H24N2O4S. The molecule has 1 aromatic rings. The second kappa shape index (κ2) is 5.79. The van der Waals surface area contributed by atoms with Crippen LogP contribution in [0.1, 0.15) is 56.1 Å². The zero-order valence-corrected chi connectivity index (χ0v) is 15.1. The molecule has 0 saturated heterocycles. The molecule has 0 bridgehead atoms. The van der Waals surface area contributed by atoms with Gasteiger partial charge in [-0.2, -0.15) is 8.42 Å². The van der Waals surface area contributed by atoms with Crippen LogP contribution in [0, 0.1) is 17.3 Å². The van der Waals surface area contributed by atoms with Crippen molar-refractivity contribution >= 4 is 16.1 Å². The molecule has 3 aliphatic carbocycles. The molecule has 3 N–H and O–H groups in total. The van der Waals surface area contributed by atoms with Gasteiger partial charge in [-0.25, -0.2) is 0 Å². The maximum Gasteiger partial charge on any atom is 0.395 e. The van der Waals surface area contributed by atoms with Crippen molar-refractivity contribution in [1.82, 2.24) is 4.83 Å². The van der Waals surface area contributed by atoms with E-state index in [1.807, 2.05) is 12.1 Å². The maximum atomic E-state index is 12.4. The van der Waals surface area contributed by atoms with E-state index in [1.54, 1.807) is 10.9 Å². The Morgan fingerprint density at radius 3 is 2.80 bits per heavy atom. The Morgan fingerprint density at radius 2 is 2.04 bits per heavy atom. The van der Waals surface area contributed by atoms with E-state index < -0.39 is 10.3 Å². The Morgan fingerprint density at radius 1 is 1.24 bits per heavy atom. The lowest BCUT2D eigenvalue weighted by atomic mass is 9.55. The van der Waals surface area contributed by atoms with Gasteiger partial charge >= 0.3 is 10.3 Å². The van der Waals surface area contributed by atoms with E-state index in [0.717, 1.165) is 44.1 Å². The lowest BCUT2D eigenvalue weighted by molar-refractivity contribution is -0.129. The Hall–Kier alpha value is -1.44. The van der Waals surface area contributed by atoms with Crippen LogP contribution < -0.4 is 14.9 Å². The number of nitrogens with two attached hydrogens (primary N) is 1. The molecule has 3 aliphatic rings. The van der Waals surface area contributed by atoms with Crippen LogP contribution in [0.25, 0.3) is 0 Å². The maximum absolute atomic E-state index is 12.4. The van der Waals surface area contributed by atoms with Gasteiger partial charge in [0.2, 0.25) is 0 Å². The van der Waals surface area contributed by atoms with Crippen LogP contribution in [0.2, 0.25) is 0 Å². The van der Waals surface area contributed by atoms with Crippen molar-refractivity contribution in [2.24, 2.45) is 23.1 Å². The van der Waals surface area contributed by atoms with E-state index in [-0.39, 0.29) is 11.2 Å². The Kier molecular flexibility index (Phi) is 3.94. The van der Waals surface area contributed by atoms with Crippen LogP contribution in [-0.4, -0.2) is 14.2 Å². The fourth-order valence-electron chi connectivity index (χ4n) is 5.53. The summed E-state index contributed by atoms with van der Waals surface area (Å²) in [6.07, 6.45) is 5.68. The number of hydrogen-bond acceptors (Lipinski definition) is 5. The van der Waals surface area contributed by atoms with Crippen molar-refractivity contribution in [3.63, 3.8) is 0 Å². The van der Waals surface area contributed by atoms with E-state index in [4.69, 9.17) is 10.0 Å². The van der Waals surface area contributed by atoms with Crippen LogP contribution in [-0.2, 0) is 21.5 Å². The Balaban J connectivity index is 1.62. The molecule has 1 aromatic carbocycles. The molecule has 7 heteroatoms. The molecule has 2 fully saturated rings. The summed E-state index contributed by atoms with van der Waals surface area (Å²) < 4.78 is 27.9. The summed E-state index contributed by atoms with van der Waals surface area (Å²) in [6, 6.07) is 5.50. The molecule has 0 spiro atoms. The third-order valence-corrected chi connectivity index (χ3v) is 7.46. The zero-order chi connectivity index (χ0) is 17.8. The largest absolute Gasteiger partial charge is 0.395 e. The minimum atomic E-state index is -3.96. The van der Waals surface area contributed by atoms with E-state index >= 15 is 0 Å². The number of ketones is 1. The summed E-state index contributed by atoms with van der Waals surface area (Å²) in [5, 5.41) is 0. The number of aryl methyl sites for hydroxylation is 1. The quantitative estimate of drug-likeness (QED) is 0.633. The molecule has 0 heterocycles. The second-order valence-electron chi connectivity index (χ2n) is 7.85. The number of carbonyl (C=O) groups excluding carboxylic acids is 1. The summed E-state index contributed by atoms with van der Waals surface area (Å²) >= 11 is 0. The number of nitrogens with one attached hydrogen (secondary N) is 1. The summed E-state index contributed by atoms with van der Waals surface area (Å²) in [6.45, 7) is 2.17. The lowest BCUT2D eigenvalue weighted by Crippen LogP contribution is -2.42. The smallest absolute Gasteiger partial charge is 0.370 e. The van der Waals surface area contributed by atoms with Gasteiger partial charge in [0.05, 0.1) is 0 Å². The normalized spacial score (nSPS) is 34.2. The minimum absolute atomic E-state index is 0.122. The molecule has 4 atom stereocenters. The van der Waals surface area contributed by atoms with Crippen LogP contribution in [0.4, 0.5) is 0 Å². The summed E-state index contributed by atoms with van der Waals surface area (Å²) in [5.74, 6) is 7.20. The van der Waals surface area contributed by atoms with Gasteiger partial charge in [0.25, 0.3) is 0 Å². The van der Waals surface area contributed by atoms with Crippen LogP contribution >= 0.6 is 0 Å². The van der Waals surface area contributed by atoms with Gasteiger partial charge in [-0.1, -0.05) is 13.0 Å². The molecule has 0 aromatic heterocycles. The first-order valence-electron chi connectivity index (χ1n) is 8.92. The van der Waals surface area contributed by atoms with Crippen molar-refractivity contribution in [3.8, 4) is 5.75 Å². The molecule has 0 aliphatic heterocycles. The van der Waals surface area contributed by atoms with E-state index in [2.05, 4.69) is 6.92 Å². The molecule has 0 amide bonds. The summed E-state index contributed by atoms with van der Waals surface area (Å²) in [5.41, 5.74) is 2.32. The fraction of sp³-hybridized carbons (Fsp3) is 0.611. The predicted octanol–water partition coefficient (Wildman–Crippen LogP) is 2.20. The highest BCUT2D eigenvalue weighted by Crippen LogP contribution is 2.59. The van der Waals surface area contributed by atoms with Crippen molar-refractivity contribution in [3.05, 3.63) is 29.3 Å². The Labute approximate surface area is 148 Å². The average molecular weight is 364 g/mol. The Bertz CT molecular complexity index is 822. The molecule has 6 nitrogen and oxygen atoms in total. The van der Waals surface area contributed by atoms with Gasteiger partial charge in [-0.3, -0.25) is 10.6 Å². The first-order valence-corrected chi connectivity index (χ1v) is 10.3. The molecule has 4 rings (SSSR count). The number of rotatable bonds is 3. The van der Waals surface area contributed by atoms with Gasteiger partial charge in [0, 0.05) is 11.8 Å². The van der Waals surface area contributed by atoms with E-state index in [1.165, 1.54) is 5.56 Å². The fourth-order valence-corrected chi connectivity index (χ4v) is 5.94. The molecule has 0 radical (unpaired) electrons. The first-order chi connectivity index (χ1) is 11.8. The van der Waals surface area contributed by atoms with Gasteiger partial charge in [0.15, 0.2) is 0 Å². The SMILES string of the molecule is CC12CCC3c4ccc(OS(=O)(=O)NN)cc4CCC3C1CCC2=O. The highest BCUT2D eigenvalue weighted by molar-refractivity contribution is 7.85. The van der Waals surface area contributed by atoms with Gasteiger partial charge in [-0.05, 0) is 73.1 Å². The molecule has 25 heavy (non-hydrogen) atoms. The van der Waals surface area contributed by atoms with Crippen molar-refractivity contribution in [1.29, 1.82) is 0 Å². The van der Waals surface area contributed by atoms with E-state index in [9.17, 15) is 13.2 Å². The summed E-state index contributed by atoms with van der Waals surface area (Å²) in [7, 11) is -3.96. The third-order valence-electron chi connectivity index (χ3n) is 6.76. The number of carbonyl (C=O) groups is 1. The molecule has 2 saturated carbocycles. The number of hydrogen-bond donors (Lipinski definition) is 2. The van der Waals surface area contributed by atoms with Gasteiger partial charge in [-0.15, -0.1) is 4.83 Å². The number of fused-ring (bicyclic) bond motifs is 5. The molecule has 4 unspecified atom stereocenters. The topological polar surface area (TPSA) is 98.5 Å². The van der Waals surface area contributed by atoms with Crippen molar-refractivity contribution in [2.75, 3.05) is 0 Å². The standard InChI is InChI=1S/C18H24N2O4S/c1-18-9-8-14-13-5-3-12(24-25(22,23)20-19)10-11(13)2-4-15(14)16(18)6-7-17(18)21/h3,5,10,14-16,20H,2,4,6-9,19H2,1H3. The number of Topliss-reactive ketones (excluding diaryl/α,β-unsaturated/α-hetero) is 1. The second-order valence-corrected chi connectivity index (χ2v) is 9.16. The minimum Gasteiger partial charge on any atom is -0.370 e. The summed E-state index contributed by atoms with van der Waals surface area (Å²) in [4.78, 5) is 14.0. The average Bonchev–Trinajstić information content (AvgIpc) is 2.89. The number of hydrazine groups is 1. The first kappa shape index (κ1) is 17.0. The van der Waals surface area contributed by atoms with Crippen molar-refractivity contribution in [2.45, 2.75) is 51.4 Å². The van der Waals surface area contributed by atoms with Gasteiger partial charge < -0.3 is 4.18 Å². The van der Waals surface area contributed by atoms with Gasteiger partial charge in [0.1, 0.15) is 11.5 Å². The highest BCUT2D eigenvalue weighted by atomic mass is 32.2. The van der Waals surface area contributed by atoms with E-state index in [0.29, 0.717) is 23.5 Å².